The standard InChI is InChI=1S/C11H18OS/c1-3-5-7-10(4-2)12-11-8-6-9-13-11/h6,8-10H,3-5,7H2,1-2H3. The third kappa shape index (κ3) is 3.81. The Morgan fingerprint density at radius 1 is 1.46 bits per heavy atom. The maximum absolute atomic E-state index is 5.82. The van der Waals surface area contributed by atoms with Crippen molar-refractivity contribution in [3.63, 3.8) is 0 Å². The molecule has 0 aliphatic rings. The van der Waals surface area contributed by atoms with Crippen molar-refractivity contribution in [1.29, 1.82) is 0 Å². The molecule has 0 fully saturated rings. The molecule has 0 aliphatic heterocycles. The molecule has 74 valence electrons. The molecule has 1 atom stereocenters. The van der Waals surface area contributed by atoms with Gasteiger partial charge in [0.2, 0.25) is 0 Å². The molecule has 1 nitrogen and oxygen atoms in total. The minimum atomic E-state index is 0.415. The largest absolute Gasteiger partial charge is 0.481 e. The summed E-state index contributed by atoms with van der Waals surface area (Å²) in [6.45, 7) is 4.41. The van der Waals surface area contributed by atoms with Crippen LogP contribution >= 0.6 is 11.3 Å². The molecule has 1 aromatic heterocycles. The Balaban J connectivity index is 2.31. The number of hydrogen-bond donors (Lipinski definition) is 0. The van der Waals surface area contributed by atoms with E-state index in [1.807, 2.05) is 12.1 Å². The topological polar surface area (TPSA) is 9.23 Å². The molecule has 1 heterocycles. The second-order valence-corrected chi connectivity index (χ2v) is 4.13. The van der Waals surface area contributed by atoms with Crippen LogP contribution in [0.25, 0.3) is 0 Å². The zero-order valence-electron chi connectivity index (χ0n) is 8.45. The van der Waals surface area contributed by atoms with Crippen molar-refractivity contribution in [2.45, 2.75) is 45.6 Å². The Bertz CT molecular complexity index is 206. The molecule has 0 aliphatic carbocycles. The molecule has 2 heteroatoms. The van der Waals surface area contributed by atoms with E-state index in [-0.39, 0.29) is 0 Å². The number of thiophene rings is 1. The van der Waals surface area contributed by atoms with Crippen LogP contribution in [0.4, 0.5) is 0 Å². The second kappa shape index (κ2) is 6.03. The minimum Gasteiger partial charge on any atom is -0.481 e. The minimum absolute atomic E-state index is 0.415. The third-order valence-corrected chi connectivity index (χ3v) is 2.87. The van der Waals surface area contributed by atoms with E-state index in [0.717, 1.165) is 11.5 Å². The average Bonchev–Trinajstić information content (AvgIpc) is 2.64. The Hall–Kier alpha value is -0.500. The zero-order valence-corrected chi connectivity index (χ0v) is 9.27. The number of ether oxygens (including phenoxy) is 1. The van der Waals surface area contributed by atoms with E-state index in [4.69, 9.17) is 4.74 Å². The molecule has 0 bridgehead atoms. The van der Waals surface area contributed by atoms with Gasteiger partial charge in [-0.05, 0) is 30.4 Å². The predicted octanol–water partition coefficient (Wildman–Crippen LogP) is 4.10. The summed E-state index contributed by atoms with van der Waals surface area (Å²) in [5.74, 6) is 0. The lowest BCUT2D eigenvalue weighted by atomic mass is 10.1. The summed E-state index contributed by atoms with van der Waals surface area (Å²) in [5, 5.41) is 3.12. The maximum atomic E-state index is 5.82. The quantitative estimate of drug-likeness (QED) is 0.668. The first kappa shape index (κ1) is 10.6. The molecule has 0 saturated carbocycles. The van der Waals surface area contributed by atoms with Crippen molar-refractivity contribution < 1.29 is 4.74 Å². The zero-order chi connectivity index (χ0) is 9.52. The molecular weight excluding hydrogens is 180 g/mol. The van der Waals surface area contributed by atoms with Gasteiger partial charge in [-0.15, -0.1) is 11.3 Å². The van der Waals surface area contributed by atoms with Gasteiger partial charge in [0, 0.05) is 0 Å². The summed E-state index contributed by atoms with van der Waals surface area (Å²) in [6, 6.07) is 4.08. The van der Waals surface area contributed by atoms with Gasteiger partial charge in [0.15, 0.2) is 5.06 Å². The van der Waals surface area contributed by atoms with Gasteiger partial charge in [-0.2, -0.15) is 0 Å². The first-order valence-corrected chi connectivity index (χ1v) is 5.95. The van der Waals surface area contributed by atoms with Gasteiger partial charge in [0.1, 0.15) is 0 Å². The third-order valence-electron chi connectivity index (χ3n) is 2.11. The lowest BCUT2D eigenvalue weighted by Gasteiger charge is -2.15. The SMILES string of the molecule is CCCCC(CC)Oc1cccs1. The van der Waals surface area contributed by atoms with E-state index in [9.17, 15) is 0 Å². The summed E-state index contributed by atoms with van der Waals surface area (Å²) >= 11 is 1.68. The summed E-state index contributed by atoms with van der Waals surface area (Å²) in [6.07, 6.45) is 5.23. The predicted molar refractivity (Wildman–Crippen MR) is 58.6 cm³/mol. The summed E-state index contributed by atoms with van der Waals surface area (Å²) in [4.78, 5) is 0. The molecule has 0 radical (unpaired) electrons. The normalized spacial score (nSPS) is 12.8. The molecule has 1 unspecified atom stereocenters. The van der Waals surface area contributed by atoms with Crippen LogP contribution in [0.1, 0.15) is 39.5 Å². The van der Waals surface area contributed by atoms with E-state index in [1.165, 1.54) is 19.3 Å². The van der Waals surface area contributed by atoms with Crippen molar-refractivity contribution in [2.75, 3.05) is 0 Å². The van der Waals surface area contributed by atoms with Gasteiger partial charge >= 0.3 is 0 Å². The van der Waals surface area contributed by atoms with Gasteiger partial charge in [-0.1, -0.05) is 26.7 Å². The molecule has 1 aromatic rings. The number of unbranched alkanes of at least 4 members (excludes halogenated alkanes) is 1. The van der Waals surface area contributed by atoms with Gasteiger partial charge in [-0.25, -0.2) is 0 Å². The first-order valence-electron chi connectivity index (χ1n) is 5.07. The maximum Gasteiger partial charge on any atom is 0.174 e. The van der Waals surface area contributed by atoms with E-state index >= 15 is 0 Å². The van der Waals surface area contributed by atoms with Crippen LogP contribution in [0, 0.1) is 0 Å². The summed E-state index contributed by atoms with van der Waals surface area (Å²) < 4.78 is 5.82. The highest BCUT2D eigenvalue weighted by Gasteiger charge is 2.07. The van der Waals surface area contributed by atoms with E-state index in [2.05, 4.69) is 19.2 Å². The molecule has 0 spiro atoms. The van der Waals surface area contributed by atoms with Gasteiger partial charge in [0.25, 0.3) is 0 Å². The summed E-state index contributed by atoms with van der Waals surface area (Å²) in [5.41, 5.74) is 0. The Morgan fingerprint density at radius 3 is 2.85 bits per heavy atom. The van der Waals surface area contributed by atoms with Crippen molar-refractivity contribution in [3.05, 3.63) is 17.5 Å². The molecular formula is C11H18OS. The van der Waals surface area contributed by atoms with Crippen LogP contribution in [0.3, 0.4) is 0 Å². The summed E-state index contributed by atoms with van der Waals surface area (Å²) in [7, 11) is 0. The number of hydrogen-bond acceptors (Lipinski definition) is 2. The molecule has 0 aromatic carbocycles. The van der Waals surface area contributed by atoms with Gasteiger partial charge in [0.05, 0.1) is 6.10 Å². The van der Waals surface area contributed by atoms with Gasteiger partial charge in [-0.3, -0.25) is 0 Å². The van der Waals surface area contributed by atoms with Crippen LogP contribution in [-0.2, 0) is 0 Å². The van der Waals surface area contributed by atoms with Crippen molar-refractivity contribution in [1.82, 2.24) is 0 Å². The Kier molecular flexibility index (Phi) is 4.91. The fraction of sp³-hybridized carbons (Fsp3) is 0.636. The van der Waals surface area contributed by atoms with Crippen LogP contribution in [0.5, 0.6) is 5.06 Å². The lowest BCUT2D eigenvalue weighted by Crippen LogP contribution is -2.14. The van der Waals surface area contributed by atoms with Crippen molar-refractivity contribution in [3.8, 4) is 5.06 Å². The van der Waals surface area contributed by atoms with Crippen LogP contribution in [0.15, 0.2) is 17.5 Å². The molecule has 0 amide bonds. The highest BCUT2D eigenvalue weighted by atomic mass is 32.1. The molecule has 13 heavy (non-hydrogen) atoms. The number of rotatable bonds is 6. The van der Waals surface area contributed by atoms with Crippen molar-refractivity contribution >= 4 is 11.3 Å². The highest BCUT2D eigenvalue weighted by molar-refractivity contribution is 7.11. The second-order valence-electron chi connectivity index (χ2n) is 3.22. The van der Waals surface area contributed by atoms with Crippen LogP contribution in [-0.4, -0.2) is 6.10 Å². The van der Waals surface area contributed by atoms with E-state index in [1.54, 1.807) is 11.3 Å². The Morgan fingerprint density at radius 2 is 2.31 bits per heavy atom. The van der Waals surface area contributed by atoms with Crippen molar-refractivity contribution in [2.24, 2.45) is 0 Å². The fourth-order valence-electron chi connectivity index (χ4n) is 1.27. The Labute approximate surface area is 84.7 Å². The molecule has 0 saturated heterocycles. The smallest absolute Gasteiger partial charge is 0.174 e. The monoisotopic (exact) mass is 198 g/mol. The molecule has 0 N–H and O–H groups in total. The first-order chi connectivity index (χ1) is 6.36. The highest BCUT2D eigenvalue weighted by Crippen LogP contribution is 2.22. The average molecular weight is 198 g/mol. The molecule has 1 rings (SSSR count). The van der Waals surface area contributed by atoms with E-state index in [0.29, 0.717) is 6.10 Å². The van der Waals surface area contributed by atoms with Gasteiger partial charge < -0.3 is 4.74 Å². The van der Waals surface area contributed by atoms with Crippen LogP contribution < -0.4 is 4.74 Å². The fourth-order valence-corrected chi connectivity index (χ4v) is 1.91. The lowest BCUT2D eigenvalue weighted by molar-refractivity contribution is 0.189. The van der Waals surface area contributed by atoms with Crippen LogP contribution in [0.2, 0.25) is 0 Å². The van der Waals surface area contributed by atoms with E-state index < -0.39 is 0 Å².